The van der Waals surface area contributed by atoms with Gasteiger partial charge in [-0.2, -0.15) is 0 Å². The van der Waals surface area contributed by atoms with Gasteiger partial charge in [0.1, 0.15) is 23.1 Å². The van der Waals surface area contributed by atoms with E-state index in [1.807, 2.05) is 31.2 Å². The predicted molar refractivity (Wildman–Crippen MR) is 137 cm³/mol. The van der Waals surface area contributed by atoms with Crippen molar-refractivity contribution in [2.45, 2.75) is 32.4 Å². The van der Waals surface area contributed by atoms with Gasteiger partial charge in [0.05, 0.1) is 12.7 Å². The van der Waals surface area contributed by atoms with Crippen LogP contribution in [0.4, 0.5) is 5.69 Å². The van der Waals surface area contributed by atoms with E-state index >= 15 is 0 Å². The summed E-state index contributed by atoms with van der Waals surface area (Å²) in [6.07, 6.45) is 3.56. The number of ether oxygens (including phenoxy) is 1. The van der Waals surface area contributed by atoms with E-state index in [0.29, 0.717) is 28.3 Å². The number of carbonyl (C=O) groups excluding carboxylic acids is 1. The van der Waals surface area contributed by atoms with E-state index in [9.17, 15) is 9.59 Å². The molecule has 3 heterocycles. The summed E-state index contributed by atoms with van der Waals surface area (Å²) in [7, 11) is 2.10. The third kappa shape index (κ3) is 5.27. The molecule has 0 radical (unpaired) electrons. The average molecular weight is 508 g/mol. The van der Waals surface area contributed by atoms with Crippen LogP contribution in [0.5, 0.6) is 5.75 Å². The Labute approximate surface area is 212 Å². The van der Waals surface area contributed by atoms with E-state index in [4.69, 9.17) is 20.8 Å². The summed E-state index contributed by atoms with van der Waals surface area (Å²) in [6.45, 7) is 4.28. The second-order valence-corrected chi connectivity index (χ2v) is 9.49. The molecule has 1 fully saturated rings. The number of hydrogen-bond donors (Lipinski definition) is 1. The van der Waals surface area contributed by atoms with Crippen molar-refractivity contribution in [2.75, 3.05) is 25.5 Å². The van der Waals surface area contributed by atoms with Crippen molar-refractivity contribution in [1.82, 2.24) is 19.9 Å². The molecule has 0 aliphatic carbocycles. The van der Waals surface area contributed by atoms with Crippen LogP contribution in [-0.4, -0.2) is 52.0 Å². The number of carbonyl (C=O) groups is 1. The number of anilines is 1. The molecule has 186 valence electrons. The van der Waals surface area contributed by atoms with Crippen molar-refractivity contribution in [3.63, 3.8) is 0 Å². The normalized spacial score (nSPS) is 14.8. The van der Waals surface area contributed by atoms with Gasteiger partial charge in [-0.3, -0.25) is 4.79 Å². The topological polar surface area (TPSA) is 102 Å². The third-order valence-corrected chi connectivity index (χ3v) is 6.59. The molecule has 0 unspecified atom stereocenters. The number of aryl methyl sites for hydroxylation is 1. The molecule has 2 aromatic carbocycles. The molecule has 1 saturated heterocycles. The third-order valence-electron chi connectivity index (χ3n) is 6.34. The van der Waals surface area contributed by atoms with Crippen molar-refractivity contribution < 1.29 is 13.9 Å². The summed E-state index contributed by atoms with van der Waals surface area (Å²) in [5.74, 6) is 0.150. The highest BCUT2D eigenvalue weighted by molar-refractivity contribution is 6.30. The van der Waals surface area contributed by atoms with E-state index in [1.165, 1.54) is 10.9 Å². The van der Waals surface area contributed by atoms with E-state index < -0.39 is 11.5 Å². The Bertz CT molecular complexity index is 1460. The van der Waals surface area contributed by atoms with Crippen LogP contribution in [0.1, 0.15) is 34.5 Å². The SMILES string of the molecule is Cc1c(OC2CCN(C)CC2)ccc2cc(NC(=O)c3cn(Cc4ccc(Cl)cc4)nn3)c(=O)oc12. The van der Waals surface area contributed by atoms with Crippen molar-refractivity contribution in [1.29, 1.82) is 0 Å². The van der Waals surface area contributed by atoms with E-state index in [2.05, 4.69) is 27.6 Å². The Kier molecular flexibility index (Phi) is 6.75. The van der Waals surface area contributed by atoms with Crippen LogP contribution in [0.2, 0.25) is 5.02 Å². The second kappa shape index (κ2) is 10.1. The first-order valence-electron chi connectivity index (χ1n) is 11.7. The zero-order valence-electron chi connectivity index (χ0n) is 20.0. The number of hydrogen-bond acceptors (Lipinski definition) is 7. The van der Waals surface area contributed by atoms with Crippen LogP contribution in [0.25, 0.3) is 11.0 Å². The number of amides is 1. The molecule has 5 rings (SSSR count). The minimum absolute atomic E-state index is 0.0307. The summed E-state index contributed by atoms with van der Waals surface area (Å²) in [4.78, 5) is 27.7. The number of halogens is 1. The molecule has 1 aliphatic rings. The number of piperidine rings is 1. The standard InChI is InChI=1S/C26H26ClN5O4/c1-16-23(35-20-9-11-31(2)12-10-20)8-5-18-13-21(26(34)36-24(16)18)28-25(33)22-15-32(30-29-22)14-17-3-6-19(27)7-4-17/h3-8,13,15,20H,9-12,14H2,1-2H3,(H,28,33). The van der Waals surface area contributed by atoms with Crippen molar-refractivity contribution >= 4 is 34.2 Å². The largest absolute Gasteiger partial charge is 0.490 e. The van der Waals surface area contributed by atoms with Gasteiger partial charge in [0.2, 0.25) is 0 Å². The van der Waals surface area contributed by atoms with Crippen molar-refractivity contribution in [2.24, 2.45) is 0 Å². The summed E-state index contributed by atoms with van der Waals surface area (Å²) in [5, 5.41) is 11.8. The maximum Gasteiger partial charge on any atom is 0.360 e. The number of nitrogens with one attached hydrogen (secondary N) is 1. The summed E-state index contributed by atoms with van der Waals surface area (Å²) >= 11 is 5.92. The highest BCUT2D eigenvalue weighted by Crippen LogP contribution is 2.30. The molecule has 0 bridgehead atoms. The lowest BCUT2D eigenvalue weighted by atomic mass is 10.1. The summed E-state index contributed by atoms with van der Waals surface area (Å²) < 4.78 is 13.3. The lowest BCUT2D eigenvalue weighted by Crippen LogP contribution is -2.35. The zero-order chi connectivity index (χ0) is 25.2. The first-order chi connectivity index (χ1) is 17.4. The summed E-state index contributed by atoms with van der Waals surface area (Å²) in [5.41, 5.74) is 1.62. The lowest BCUT2D eigenvalue weighted by molar-refractivity contribution is 0.102. The Morgan fingerprint density at radius 1 is 1.19 bits per heavy atom. The van der Waals surface area contributed by atoms with Gasteiger partial charge < -0.3 is 19.4 Å². The van der Waals surface area contributed by atoms with Crippen LogP contribution in [-0.2, 0) is 6.54 Å². The molecule has 1 aliphatic heterocycles. The number of aromatic nitrogens is 3. The molecule has 9 nitrogen and oxygen atoms in total. The Hall–Kier alpha value is -3.69. The van der Waals surface area contributed by atoms with Gasteiger partial charge in [-0.05, 0) is 62.7 Å². The first kappa shape index (κ1) is 24.0. The molecule has 10 heteroatoms. The van der Waals surface area contributed by atoms with Crippen LogP contribution in [0.15, 0.2) is 57.9 Å². The van der Waals surface area contributed by atoms with Crippen molar-refractivity contribution in [3.05, 3.63) is 80.9 Å². The van der Waals surface area contributed by atoms with Gasteiger partial charge in [0, 0.05) is 29.1 Å². The first-order valence-corrected chi connectivity index (χ1v) is 12.1. The fourth-order valence-electron chi connectivity index (χ4n) is 4.25. The zero-order valence-corrected chi connectivity index (χ0v) is 20.8. The van der Waals surface area contributed by atoms with Gasteiger partial charge >= 0.3 is 5.63 Å². The monoisotopic (exact) mass is 507 g/mol. The Morgan fingerprint density at radius 3 is 2.69 bits per heavy atom. The molecule has 4 aromatic rings. The van der Waals surface area contributed by atoms with E-state index in [-0.39, 0.29) is 17.5 Å². The van der Waals surface area contributed by atoms with Crippen LogP contribution >= 0.6 is 11.6 Å². The Morgan fingerprint density at radius 2 is 1.94 bits per heavy atom. The van der Waals surface area contributed by atoms with Gasteiger partial charge in [-0.1, -0.05) is 28.9 Å². The molecule has 1 N–H and O–H groups in total. The Balaban J connectivity index is 1.30. The highest BCUT2D eigenvalue weighted by atomic mass is 35.5. The van der Waals surface area contributed by atoms with Crippen LogP contribution in [0, 0.1) is 6.92 Å². The molecular formula is C26H26ClN5O4. The minimum Gasteiger partial charge on any atom is -0.490 e. The second-order valence-electron chi connectivity index (χ2n) is 9.06. The fourth-order valence-corrected chi connectivity index (χ4v) is 4.37. The fraction of sp³-hybridized carbons (Fsp3) is 0.308. The molecular weight excluding hydrogens is 482 g/mol. The van der Waals surface area contributed by atoms with Crippen LogP contribution in [0.3, 0.4) is 0 Å². The smallest absolute Gasteiger partial charge is 0.360 e. The number of benzene rings is 2. The predicted octanol–water partition coefficient (Wildman–Crippen LogP) is 4.12. The molecule has 2 aromatic heterocycles. The van der Waals surface area contributed by atoms with E-state index in [1.54, 1.807) is 18.2 Å². The lowest BCUT2D eigenvalue weighted by Gasteiger charge is -2.29. The molecule has 1 amide bonds. The maximum atomic E-state index is 12.7. The van der Waals surface area contributed by atoms with Crippen molar-refractivity contribution in [3.8, 4) is 5.75 Å². The quantitative estimate of drug-likeness (QED) is 0.391. The average Bonchev–Trinajstić information content (AvgIpc) is 3.33. The number of fused-ring (bicyclic) bond motifs is 1. The van der Waals surface area contributed by atoms with Gasteiger partial charge in [-0.25, -0.2) is 9.48 Å². The number of rotatable bonds is 6. The van der Waals surface area contributed by atoms with E-state index in [0.717, 1.165) is 37.1 Å². The number of nitrogens with zero attached hydrogens (tertiary/aromatic N) is 4. The highest BCUT2D eigenvalue weighted by Gasteiger charge is 2.20. The van der Waals surface area contributed by atoms with Gasteiger partial charge in [-0.15, -0.1) is 5.10 Å². The van der Waals surface area contributed by atoms with Gasteiger partial charge in [0.25, 0.3) is 5.91 Å². The number of likely N-dealkylation sites (tertiary alicyclic amines) is 1. The molecule has 0 saturated carbocycles. The molecule has 36 heavy (non-hydrogen) atoms. The summed E-state index contributed by atoms with van der Waals surface area (Å²) in [6, 6.07) is 12.6. The molecule has 0 spiro atoms. The van der Waals surface area contributed by atoms with Crippen LogP contribution < -0.4 is 15.7 Å². The minimum atomic E-state index is -0.649. The molecule has 0 atom stereocenters. The van der Waals surface area contributed by atoms with Gasteiger partial charge in [0.15, 0.2) is 5.69 Å². The maximum absolute atomic E-state index is 12.7.